The summed E-state index contributed by atoms with van der Waals surface area (Å²) in [5.41, 5.74) is 3.48. The smallest absolute Gasteiger partial charge is 0.0901 e. The van der Waals surface area contributed by atoms with Gasteiger partial charge in [0.05, 0.1) is 10.7 Å². The van der Waals surface area contributed by atoms with Crippen LogP contribution in [-0.2, 0) is 0 Å². The summed E-state index contributed by atoms with van der Waals surface area (Å²) in [6, 6.07) is 9.81. The van der Waals surface area contributed by atoms with Crippen molar-refractivity contribution in [2.75, 3.05) is 18.4 Å². The van der Waals surface area contributed by atoms with E-state index in [-0.39, 0.29) is 0 Å². The predicted octanol–water partition coefficient (Wildman–Crippen LogP) is 4.01. The largest absolute Gasteiger partial charge is 0.381 e. The number of nitrogens with one attached hydrogen (secondary N) is 1. The highest BCUT2D eigenvalue weighted by Crippen LogP contribution is 2.25. The van der Waals surface area contributed by atoms with Crippen molar-refractivity contribution < 1.29 is 0 Å². The Balaban J connectivity index is 1.70. The molecule has 112 valence electrons. The first kappa shape index (κ1) is 14.5. The Morgan fingerprint density at radius 2 is 2.24 bits per heavy atom. The zero-order valence-electron chi connectivity index (χ0n) is 13.0. The van der Waals surface area contributed by atoms with Gasteiger partial charge in [0.15, 0.2) is 0 Å². The number of anilines is 1. The Labute approximate surface area is 131 Å². The minimum Gasteiger partial charge on any atom is -0.381 e. The van der Waals surface area contributed by atoms with Crippen molar-refractivity contribution in [2.24, 2.45) is 0 Å². The minimum atomic E-state index is 0.555. The molecule has 1 atom stereocenters. The molecule has 2 aromatic rings. The Kier molecular flexibility index (Phi) is 4.27. The van der Waals surface area contributed by atoms with Gasteiger partial charge in [0, 0.05) is 41.8 Å². The van der Waals surface area contributed by atoms with Crippen molar-refractivity contribution in [2.45, 2.75) is 39.3 Å². The molecule has 1 saturated heterocycles. The third kappa shape index (κ3) is 3.44. The Bertz CT molecular complexity index is 606. The number of hydrogen-bond donors (Lipinski definition) is 1. The molecule has 21 heavy (non-hydrogen) atoms. The summed E-state index contributed by atoms with van der Waals surface area (Å²) in [5.74, 6) is 0. The maximum absolute atomic E-state index is 4.57. The van der Waals surface area contributed by atoms with Gasteiger partial charge in [-0.25, -0.2) is 4.98 Å². The number of thiazole rings is 1. The number of hydrogen-bond acceptors (Lipinski definition) is 4. The lowest BCUT2D eigenvalue weighted by Gasteiger charge is -2.21. The van der Waals surface area contributed by atoms with E-state index in [9.17, 15) is 0 Å². The molecule has 0 radical (unpaired) electrons. The molecule has 1 aromatic heterocycles. The molecular weight excluding hydrogens is 278 g/mol. The minimum absolute atomic E-state index is 0.555. The Hall–Kier alpha value is -1.39. The number of aromatic nitrogens is 1. The molecule has 3 nitrogen and oxygen atoms in total. The molecular formula is C17H23N3S. The molecule has 1 aliphatic heterocycles. The zero-order chi connectivity index (χ0) is 14.8. The van der Waals surface area contributed by atoms with Crippen LogP contribution in [0.1, 0.15) is 25.3 Å². The highest BCUT2D eigenvalue weighted by molar-refractivity contribution is 7.09. The molecule has 0 amide bonds. The van der Waals surface area contributed by atoms with E-state index < -0.39 is 0 Å². The summed E-state index contributed by atoms with van der Waals surface area (Å²) in [6.45, 7) is 8.93. The van der Waals surface area contributed by atoms with E-state index in [1.807, 2.05) is 0 Å². The number of likely N-dealkylation sites (tertiary alicyclic amines) is 1. The summed E-state index contributed by atoms with van der Waals surface area (Å²) in [6.07, 6.45) is 1.22. The number of nitrogens with zero attached hydrogens (tertiary/aromatic N) is 2. The number of rotatable bonds is 4. The highest BCUT2D eigenvalue weighted by Gasteiger charge is 2.23. The zero-order valence-corrected chi connectivity index (χ0v) is 13.8. The molecule has 1 unspecified atom stereocenters. The first-order valence-corrected chi connectivity index (χ1v) is 8.53. The van der Waals surface area contributed by atoms with Crippen molar-refractivity contribution >= 4 is 17.0 Å². The van der Waals surface area contributed by atoms with Crippen molar-refractivity contribution in [1.29, 1.82) is 0 Å². The fourth-order valence-electron chi connectivity index (χ4n) is 2.87. The SMILES string of the molecule is Cc1nc(-c2cccc(NC3CCN(C(C)C)C3)c2)cs1. The van der Waals surface area contributed by atoms with E-state index in [0.717, 1.165) is 17.2 Å². The Morgan fingerprint density at radius 3 is 2.90 bits per heavy atom. The van der Waals surface area contributed by atoms with Gasteiger partial charge in [-0.1, -0.05) is 12.1 Å². The van der Waals surface area contributed by atoms with Crippen molar-refractivity contribution in [3.8, 4) is 11.3 Å². The van der Waals surface area contributed by atoms with Gasteiger partial charge in [0.25, 0.3) is 0 Å². The van der Waals surface area contributed by atoms with Crippen LogP contribution in [0.4, 0.5) is 5.69 Å². The average molecular weight is 301 g/mol. The van der Waals surface area contributed by atoms with Crippen LogP contribution in [0.2, 0.25) is 0 Å². The molecule has 0 aliphatic carbocycles. The van der Waals surface area contributed by atoms with Crippen LogP contribution >= 0.6 is 11.3 Å². The maximum Gasteiger partial charge on any atom is 0.0901 e. The molecule has 1 aromatic carbocycles. The van der Waals surface area contributed by atoms with Gasteiger partial charge >= 0.3 is 0 Å². The molecule has 0 saturated carbocycles. The molecule has 1 N–H and O–H groups in total. The van der Waals surface area contributed by atoms with E-state index in [0.29, 0.717) is 12.1 Å². The molecule has 1 aliphatic rings. The Morgan fingerprint density at radius 1 is 1.38 bits per heavy atom. The normalized spacial score (nSPS) is 19.3. The maximum atomic E-state index is 4.57. The first-order chi connectivity index (χ1) is 10.1. The van der Waals surface area contributed by atoms with Gasteiger partial charge in [-0.3, -0.25) is 4.90 Å². The average Bonchev–Trinajstić information content (AvgIpc) is 3.08. The lowest BCUT2D eigenvalue weighted by Crippen LogP contribution is -2.31. The van der Waals surface area contributed by atoms with Crippen LogP contribution < -0.4 is 5.32 Å². The summed E-state index contributed by atoms with van der Waals surface area (Å²) < 4.78 is 0. The lowest BCUT2D eigenvalue weighted by atomic mass is 10.1. The van der Waals surface area contributed by atoms with Crippen molar-refractivity contribution in [1.82, 2.24) is 9.88 Å². The summed E-state index contributed by atoms with van der Waals surface area (Å²) in [4.78, 5) is 7.10. The number of aryl methyl sites for hydroxylation is 1. The predicted molar refractivity (Wildman–Crippen MR) is 91.0 cm³/mol. The monoisotopic (exact) mass is 301 g/mol. The summed E-state index contributed by atoms with van der Waals surface area (Å²) >= 11 is 1.70. The molecule has 0 spiro atoms. The summed E-state index contributed by atoms with van der Waals surface area (Å²) in [7, 11) is 0. The van der Waals surface area contributed by atoms with Crippen LogP contribution in [0, 0.1) is 6.92 Å². The van der Waals surface area contributed by atoms with Gasteiger partial charge in [0.1, 0.15) is 0 Å². The number of benzene rings is 1. The molecule has 1 fully saturated rings. The van der Waals surface area contributed by atoms with Crippen LogP contribution in [-0.4, -0.2) is 35.1 Å². The van der Waals surface area contributed by atoms with E-state index in [4.69, 9.17) is 0 Å². The van der Waals surface area contributed by atoms with Crippen LogP contribution in [0.15, 0.2) is 29.6 Å². The summed E-state index contributed by atoms with van der Waals surface area (Å²) in [5, 5.41) is 6.92. The van der Waals surface area contributed by atoms with Gasteiger partial charge in [0.2, 0.25) is 0 Å². The van der Waals surface area contributed by atoms with Gasteiger partial charge < -0.3 is 5.32 Å². The third-order valence-electron chi connectivity index (χ3n) is 4.10. The highest BCUT2D eigenvalue weighted by atomic mass is 32.1. The third-order valence-corrected chi connectivity index (χ3v) is 4.87. The second-order valence-electron chi connectivity index (χ2n) is 6.05. The van der Waals surface area contributed by atoms with Crippen molar-refractivity contribution in [3.63, 3.8) is 0 Å². The first-order valence-electron chi connectivity index (χ1n) is 7.65. The van der Waals surface area contributed by atoms with Crippen molar-refractivity contribution in [3.05, 3.63) is 34.7 Å². The van der Waals surface area contributed by atoms with E-state index >= 15 is 0 Å². The van der Waals surface area contributed by atoms with Gasteiger partial charge in [-0.15, -0.1) is 11.3 Å². The second kappa shape index (κ2) is 6.16. The van der Waals surface area contributed by atoms with E-state index in [2.05, 4.69) is 65.6 Å². The quantitative estimate of drug-likeness (QED) is 0.924. The van der Waals surface area contributed by atoms with Gasteiger partial charge in [-0.2, -0.15) is 0 Å². The molecule has 4 heteroatoms. The van der Waals surface area contributed by atoms with Crippen LogP contribution in [0.5, 0.6) is 0 Å². The molecule has 3 rings (SSSR count). The van der Waals surface area contributed by atoms with Crippen LogP contribution in [0.3, 0.4) is 0 Å². The standard InChI is InChI=1S/C17H23N3S/c1-12(2)20-8-7-16(10-20)19-15-6-4-5-14(9-15)17-11-21-13(3)18-17/h4-6,9,11-12,16,19H,7-8,10H2,1-3H3. The van der Waals surface area contributed by atoms with Crippen LogP contribution in [0.25, 0.3) is 11.3 Å². The van der Waals surface area contributed by atoms with Gasteiger partial charge in [-0.05, 0) is 39.3 Å². The second-order valence-corrected chi connectivity index (χ2v) is 7.11. The van der Waals surface area contributed by atoms with E-state index in [1.54, 1.807) is 11.3 Å². The topological polar surface area (TPSA) is 28.2 Å². The lowest BCUT2D eigenvalue weighted by molar-refractivity contribution is 0.274. The fourth-order valence-corrected chi connectivity index (χ4v) is 3.50. The van der Waals surface area contributed by atoms with E-state index in [1.165, 1.54) is 24.2 Å². The fraction of sp³-hybridized carbons (Fsp3) is 0.471. The molecule has 2 heterocycles. The molecule has 0 bridgehead atoms.